The van der Waals surface area contributed by atoms with Crippen LogP contribution in [-0.2, 0) is 6.54 Å². The van der Waals surface area contributed by atoms with E-state index < -0.39 is 0 Å². The first-order valence-corrected chi connectivity index (χ1v) is 7.64. The van der Waals surface area contributed by atoms with Crippen LogP contribution in [-0.4, -0.2) is 20.5 Å². The summed E-state index contributed by atoms with van der Waals surface area (Å²) in [6.45, 7) is 0.693. The van der Waals surface area contributed by atoms with E-state index >= 15 is 0 Å². The lowest BCUT2D eigenvalue weighted by Gasteiger charge is -2.07. The maximum atomic E-state index is 5.54. The van der Waals surface area contributed by atoms with Gasteiger partial charge in [-0.05, 0) is 25.0 Å². The van der Waals surface area contributed by atoms with Crippen LogP contribution in [0.15, 0.2) is 39.6 Å². The minimum atomic E-state index is 0.570. The molecule has 3 rings (SSSR count). The molecule has 0 N–H and O–H groups in total. The molecule has 0 unspecified atom stereocenters. The average molecular weight is 296 g/mol. The van der Waals surface area contributed by atoms with Crippen molar-refractivity contribution in [2.45, 2.75) is 30.5 Å². The molecule has 0 atom stereocenters. The highest BCUT2D eigenvalue weighted by atomic mass is 35.5. The normalized spacial score (nSPS) is 15.4. The van der Waals surface area contributed by atoms with Crippen molar-refractivity contribution in [2.24, 2.45) is 0 Å². The summed E-state index contributed by atoms with van der Waals surface area (Å²) < 4.78 is 7.58. The Kier molecular flexibility index (Phi) is 3.94. The summed E-state index contributed by atoms with van der Waals surface area (Å²) in [6, 6.07) is 3.88. The van der Waals surface area contributed by atoms with Crippen LogP contribution in [0.1, 0.15) is 30.3 Å². The minimum Gasteiger partial charge on any atom is -0.467 e. The number of aromatic nitrogens is 3. The Bertz CT molecular complexity index is 560. The summed E-state index contributed by atoms with van der Waals surface area (Å²) in [5.41, 5.74) is 1.53. The number of furan rings is 1. The van der Waals surface area contributed by atoms with Crippen LogP contribution in [0.25, 0.3) is 0 Å². The lowest BCUT2D eigenvalue weighted by Crippen LogP contribution is -2.05. The second-order valence-corrected chi connectivity index (χ2v) is 5.69. The van der Waals surface area contributed by atoms with Crippen molar-refractivity contribution in [3.63, 3.8) is 0 Å². The molecular weight excluding hydrogens is 282 g/mol. The molecule has 1 aliphatic carbocycles. The van der Waals surface area contributed by atoms with Crippen LogP contribution >= 0.6 is 23.4 Å². The van der Waals surface area contributed by atoms with E-state index in [1.807, 2.05) is 18.2 Å². The maximum Gasteiger partial charge on any atom is 0.191 e. The van der Waals surface area contributed by atoms with Crippen molar-refractivity contribution >= 4 is 23.4 Å². The Morgan fingerprint density at radius 1 is 1.47 bits per heavy atom. The number of hydrogen-bond acceptors (Lipinski definition) is 4. The van der Waals surface area contributed by atoms with Gasteiger partial charge < -0.3 is 4.42 Å². The highest BCUT2D eigenvalue weighted by Crippen LogP contribution is 2.40. The Balaban J connectivity index is 1.82. The zero-order chi connectivity index (χ0) is 13.1. The molecule has 0 spiro atoms. The first kappa shape index (κ1) is 12.8. The predicted molar refractivity (Wildman–Crippen MR) is 75.5 cm³/mol. The first-order chi connectivity index (χ1) is 9.38. The maximum absolute atomic E-state index is 5.54. The SMILES string of the molecule is ClC=CCSc1nnc(C2CC2)n1Cc1ccco1. The molecule has 2 aromatic heterocycles. The molecule has 100 valence electrons. The highest BCUT2D eigenvalue weighted by Gasteiger charge is 2.30. The molecule has 0 radical (unpaired) electrons. The number of thioether (sulfide) groups is 1. The van der Waals surface area contributed by atoms with Crippen LogP contribution in [0.5, 0.6) is 0 Å². The van der Waals surface area contributed by atoms with Gasteiger partial charge in [0.15, 0.2) is 5.16 Å². The molecule has 1 aliphatic rings. The summed E-state index contributed by atoms with van der Waals surface area (Å²) in [5.74, 6) is 3.37. The summed E-state index contributed by atoms with van der Waals surface area (Å²) in [4.78, 5) is 0. The Labute approximate surface area is 120 Å². The van der Waals surface area contributed by atoms with E-state index in [0.717, 1.165) is 22.5 Å². The van der Waals surface area contributed by atoms with Gasteiger partial charge in [-0.2, -0.15) is 0 Å². The number of halogens is 1. The molecule has 0 aliphatic heterocycles. The van der Waals surface area contributed by atoms with Crippen LogP contribution in [0, 0.1) is 0 Å². The Morgan fingerprint density at radius 3 is 3.05 bits per heavy atom. The van der Waals surface area contributed by atoms with Crippen molar-refractivity contribution in [1.29, 1.82) is 0 Å². The standard InChI is InChI=1S/C13H14ClN3OS/c14-6-2-8-19-13-16-15-12(10-4-5-10)17(13)9-11-3-1-7-18-11/h1-3,6-7,10H,4-5,8-9H2. The summed E-state index contributed by atoms with van der Waals surface area (Å²) in [7, 11) is 0. The van der Waals surface area contributed by atoms with Crippen LogP contribution in [0.4, 0.5) is 0 Å². The summed E-state index contributed by atoms with van der Waals surface area (Å²) >= 11 is 7.17. The fourth-order valence-electron chi connectivity index (χ4n) is 1.92. The summed E-state index contributed by atoms with van der Waals surface area (Å²) in [6.07, 6.45) is 6.01. The van der Waals surface area contributed by atoms with Gasteiger partial charge >= 0.3 is 0 Å². The van der Waals surface area contributed by atoms with Gasteiger partial charge in [-0.1, -0.05) is 29.4 Å². The van der Waals surface area contributed by atoms with Crippen LogP contribution in [0.2, 0.25) is 0 Å². The van der Waals surface area contributed by atoms with E-state index in [2.05, 4.69) is 14.8 Å². The lowest BCUT2D eigenvalue weighted by atomic mass is 10.3. The van der Waals surface area contributed by atoms with E-state index in [0.29, 0.717) is 12.5 Å². The van der Waals surface area contributed by atoms with Crippen molar-refractivity contribution in [2.75, 3.05) is 5.75 Å². The van der Waals surface area contributed by atoms with E-state index in [1.54, 1.807) is 18.0 Å². The van der Waals surface area contributed by atoms with Gasteiger partial charge in [-0.15, -0.1) is 10.2 Å². The van der Waals surface area contributed by atoms with Gasteiger partial charge in [-0.25, -0.2) is 0 Å². The molecule has 2 aromatic rings. The highest BCUT2D eigenvalue weighted by molar-refractivity contribution is 7.99. The van der Waals surface area contributed by atoms with Crippen molar-refractivity contribution in [3.05, 3.63) is 41.6 Å². The van der Waals surface area contributed by atoms with Gasteiger partial charge in [0.1, 0.15) is 11.6 Å². The van der Waals surface area contributed by atoms with Gasteiger partial charge in [-0.3, -0.25) is 4.57 Å². The van der Waals surface area contributed by atoms with Gasteiger partial charge in [0.05, 0.1) is 12.8 Å². The molecule has 0 saturated heterocycles. The zero-order valence-electron chi connectivity index (χ0n) is 10.3. The van der Waals surface area contributed by atoms with Crippen molar-refractivity contribution < 1.29 is 4.42 Å². The summed E-state index contributed by atoms with van der Waals surface area (Å²) in [5, 5.41) is 9.54. The van der Waals surface area contributed by atoms with Gasteiger partial charge in [0.2, 0.25) is 0 Å². The molecule has 19 heavy (non-hydrogen) atoms. The van der Waals surface area contributed by atoms with E-state index in [4.69, 9.17) is 16.0 Å². The monoisotopic (exact) mass is 295 g/mol. The molecule has 6 heteroatoms. The minimum absolute atomic E-state index is 0.570. The quantitative estimate of drug-likeness (QED) is 0.763. The third-order valence-corrected chi connectivity index (χ3v) is 4.08. The average Bonchev–Trinajstić information content (AvgIpc) is 2.98. The Morgan fingerprint density at radius 2 is 2.37 bits per heavy atom. The Hall–Kier alpha value is -1.20. The molecule has 4 nitrogen and oxygen atoms in total. The van der Waals surface area contributed by atoms with E-state index in [9.17, 15) is 0 Å². The molecule has 1 saturated carbocycles. The predicted octanol–water partition coefficient (Wildman–Crippen LogP) is 3.64. The zero-order valence-corrected chi connectivity index (χ0v) is 11.9. The molecule has 0 bridgehead atoms. The second kappa shape index (κ2) is 5.84. The van der Waals surface area contributed by atoms with Gasteiger partial charge in [0.25, 0.3) is 0 Å². The largest absolute Gasteiger partial charge is 0.467 e. The molecule has 0 aromatic carbocycles. The smallest absolute Gasteiger partial charge is 0.191 e. The second-order valence-electron chi connectivity index (χ2n) is 4.45. The van der Waals surface area contributed by atoms with E-state index in [-0.39, 0.29) is 0 Å². The number of hydrogen-bond donors (Lipinski definition) is 0. The fraction of sp³-hybridized carbons (Fsp3) is 0.385. The molecule has 0 amide bonds. The lowest BCUT2D eigenvalue weighted by molar-refractivity contribution is 0.478. The molecule has 2 heterocycles. The fourth-order valence-corrected chi connectivity index (χ4v) is 2.87. The van der Waals surface area contributed by atoms with Gasteiger partial charge in [0, 0.05) is 17.2 Å². The molecular formula is C13H14ClN3OS. The molecule has 1 fully saturated rings. The van der Waals surface area contributed by atoms with E-state index in [1.165, 1.54) is 18.4 Å². The van der Waals surface area contributed by atoms with Crippen LogP contribution in [0.3, 0.4) is 0 Å². The van der Waals surface area contributed by atoms with Crippen molar-refractivity contribution in [3.8, 4) is 0 Å². The number of rotatable bonds is 6. The third kappa shape index (κ3) is 3.04. The topological polar surface area (TPSA) is 43.9 Å². The first-order valence-electron chi connectivity index (χ1n) is 6.22. The van der Waals surface area contributed by atoms with Crippen LogP contribution < -0.4 is 0 Å². The number of nitrogens with zero attached hydrogens (tertiary/aromatic N) is 3. The third-order valence-electron chi connectivity index (χ3n) is 2.98. The van der Waals surface area contributed by atoms with Crippen molar-refractivity contribution in [1.82, 2.24) is 14.8 Å².